The molecule has 0 unspecified atom stereocenters. The summed E-state index contributed by atoms with van der Waals surface area (Å²) in [5.74, 6) is -0.343. The van der Waals surface area contributed by atoms with Crippen LogP contribution in [0.3, 0.4) is 0 Å². The molecular weight excluding hydrogens is 298 g/mol. The summed E-state index contributed by atoms with van der Waals surface area (Å²) in [7, 11) is 0. The van der Waals surface area contributed by atoms with Crippen molar-refractivity contribution < 1.29 is 9.59 Å². The van der Waals surface area contributed by atoms with Gasteiger partial charge in [-0.25, -0.2) is 0 Å². The highest BCUT2D eigenvalue weighted by Crippen LogP contribution is 2.16. The Morgan fingerprint density at radius 2 is 2.00 bits per heavy atom. The molecule has 5 nitrogen and oxygen atoms in total. The van der Waals surface area contributed by atoms with Crippen LogP contribution in [0.1, 0.15) is 22.3 Å². The van der Waals surface area contributed by atoms with Crippen molar-refractivity contribution in [1.29, 1.82) is 0 Å². The van der Waals surface area contributed by atoms with Crippen LogP contribution in [0, 0.1) is 0 Å². The Kier molecular flexibility index (Phi) is 6.12. The van der Waals surface area contributed by atoms with Gasteiger partial charge in [0.1, 0.15) is 0 Å². The van der Waals surface area contributed by atoms with Crippen molar-refractivity contribution in [2.45, 2.75) is 12.8 Å². The standard InChI is InChI=1S/C16H19N3O2S/c17-8-9-18-16(21)13-3-1-2-4-14(13)19-15(20)6-5-12-7-10-22-11-12/h1-4,7,10-11H,5-6,8-9,17H2,(H,18,21)(H,19,20). The second-order valence-corrected chi connectivity index (χ2v) is 5.55. The maximum atomic E-state index is 12.0. The first-order chi connectivity index (χ1) is 10.7. The molecule has 1 aromatic heterocycles. The van der Waals surface area contributed by atoms with Gasteiger partial charge in [0, 0.05) is 19.5 Å². The summed E-state index contributed by atoms with van der Waals surface area (Å²) in [5, 5.41) is 9.53. The average molecular weight is 317 g/mol. The molecule has 0 aliphatic rings. The summed E-state index contributed by atoms with van der Waals surface area (Å²) >= 11 is 1.61. The Morgan fingerprint density at radius 3 is 2.73 bits per heavy atom. The number of benzene rings is 1. The Labute approximate surface area is 133 Å². The molecule has 0 saturated heterocycles. The molecule has 0 aliphatic carbocycles. The zero-order chi connectivity index (χ0) is 15.8. The number of anilines is 1. The molecule has 6 heteroatoms. The van der Waals surface area contributed by atoms with E-state index < -0.39 is 0 Å². The van der Waals surface area contributed by atoms with E-state index in [-0.39, 0.29) is 11.8 Å². The molecule has 1 heterocycles. The average Bonchev–Trinajstić information content (AvgIpc) is 3.04. The second-order valence-electron chi connectivity index (χ2n) is 4.77. The molecule has 2 rings (SSSR count). The number of hydrogen-bond acceptors (Lipinski definition) is 4. The van der Waals surface area contributed by atoms with Gasteiger partial charge in [-0.05, 0) is 40.9 Å². The van der Waals surface area contributed by atoms with Crippen LogP contribution in [0.4, 0.5) is 5.69 Å². The summed E-state index contributed by atoms with van der Waals surface area (Å²) < 4.78 is 0. The lowest BCUT2D eigenvalue weighted by Crippen LogP contribution is -2.30. The number of thiophene rings is 1. The van der Waals surface area contributed by atoms with Crippen LogP contribution in [0.25, 0.3) is 0 Å². The van der Waals surface area contributed by atoms with E-state index in [4.69, 9.17) is 5.73 Å². The molecule has 1 aromatic carbocycles. The molecule has 0 radical (unpaired) electrons. The van der Waals surface area contributed by atoms with E-state index in [0.717, 1.165) is 5.56 Å². The number of para-hydroxylation sites is 1. The van der Waals surface area contributed by atoms with E-state index in [9.17, 15) is 9.59 Å². The van der Waals surface area contributed by atoms with Crippen LogP contribution < -0.4 is 16.4 Å². The zero-order valence-electron chi connectivity index (χ0n) is 12.2. The number of hydrogen-bond donors (Lipinski definition) is 3. The molecule has 116 valence electrons. The fourth-order valence-electron chi connectivity index (χ4n) is 1.98. The fraction of sp³-hybridized carbons (Fsp3) is 0.250. The number of carbonyl (C=O) groups excluding carboxylic acids is 2. The number of carbonyl (C=O) groups is 2. The van der Waals surface area contributed by atoms with Crippen molar-refractivity contribution in [2.75, 3.05) is 18.4 Å². The summed E-state index contributed by atoms with van der Waals surface area (Å²) in [6, 6.07) is 8.96. The molecule has 2 aromatic rings. The van der Waals surface area contributed by atoms with Crippen molar-refractivity contribution in [1.82, 2.24) is 5.32 Å². The van der Waals surface area contributed by atoms with Crippen LogP contribution in [0.15, 0.2) is 41.1 Å². The van der Waals surface area contributed by atoms with E-state index in [1.165, 1.54) is 0 Å². The number of rotatable bonds is 7. The minimum absolute atomic E-state index is 0.106. The molecule has 0 aliphatic heterocycles. The van der Waals surface area contributed by atoms with Crippen molar-refractivity contribution in [2.24, 2.45) is 5.73 Å². The third-order valence-electron chi connectivity index (χ3n) is 3.10. The normalized spacial score (nSPS) is 10.2. The van der Waals surface area contributed by atoms with Gasteiger partial charge in [0.15, 0.2) is 0 Å². The lowest BCUT2D eigenvalue weighted by molar-refractivity contribution is -0.116. The molecule has 22 heavy (non-hydrogen) atoms. The maximum Gasteiger partial charge on any atom is 0.253 e. The second kappa shape index (κ2) is 8.31. The van der Waals surface area contributed by atoms with Crippen LogP contribution in [-0.2, 0) is 11.2 Å². The van der Waals surface area contributed by atoms with Crippen LogP contribution in [-0.4, -0.2) is 24.9 Å². The molecule has 0 fully saturated rings. The SMILES string of the molecule is NCCNC(=O)c1ccccc1NC(=O)CCc1ccsc1. The van der Waals surface area contributed by atoms with Gasteiger partial charge in [0.05, 0.1) is 11.3 Å². The summed E-state index contributed by atoms with van der Waals surface area (Å²) in [6.07, 6.45) is 1.08. The minimum atomic E-state index is -0.237. The highest BCUT2D eigenvalue weighted by molar-refractivity contribution is 7.07. The van der Waals surface area contributed by atoms with Gasteiger partial charge in [0.25, 0.3) is 5.91 Å². The largest absolute Gasteiger partial charge is 0.351 e. The van der Waals surface area contributed by atoms with Gasteiger partial charge in [0.2, 0.25) is 5.91 Å². The van der Waals surface area contributed by atoms with Crippen molar-refractivity contribution >= 4 is 28.8 Å². The highest BCUT2D eigenvalue weighted by atomic mass is 32.1. The van der Waals surface area contributed by atoms with Crippen LogP contribution in [0.2, 0.25) is 0 Å². The summed E-state index contributed by atoms with van der Waals surface area (Å²) in [4.78, 5) is 24.1. The van der Waals surface area contributed by atoms with Gasteiger partial charge in [-0.15, -0.1) is 0 Å². The van der Waals surface area contributed by atoms with E-state index in [1.54, 1.807) is 35.6 Å². The number of amides is 2. The van der Waals surface area contributed by atoms with Gasteiger partial charge < -0.3 is 16.4 Å². The topological polar surface area (TPSA) is 84.2 Å². The summed E-state index contributed by atoms with van der Waals surface area (Å²) in [6.45, 7) is 0.778. The third kappa shape index (κ3) is 4.68. The quantitative estimate of drug-likeness (QED) is 0.730. The summed E-state index contributed by atoms with van der Waals surface area (Å²) in [5.41, 5.74) is 7.49. The Hall–Kier alpha value is -2.18. The predicted molar refractivity (Wildman–Crippen MR) is 89.1 cm³/mol. The monoisotopic (exact) mass is 317 g/mol. The molecule has 4 N–H and O–H groups in total. The van der Waals surface area contributed by atoms with E-state index >= 15 is 0 Å². The molecule has 0 bridgehead atoms. The highest BCUT2D eigenvalue weighted by Gasteiger charge is 2.12. The fourth-order valence-corrected chi connectivity index (χ4v) is 2.68. The van der Waals surface area contributed by atoms with Crippen molar-refractivity contribution in [3.63, 3.8) is 0 Å². The van der Waals surface area contributed by atoms with Crippen molar-refractivity contribution in [3.8, 4) is 0 Å². The van der Waals surface area contributed by atoms with Crippen LogP contribution in [0.5, 0.6) is 0 Å². The number of nitrogens with one attached hydrogen (secondary N) is 2. The first-order valence-corrected chi connectivity index (χ1v) is 8.03. The molecular formula is C16H19N3O2S. The van der Waals surface area contributed by atoms with Gasteiger partial charge >= 0.3 is 0 Å². The Bertz CT molecular complexity index is 626. The molecule has 0 saturated carbocycles. The van der Waals surface area contributed by atoms with E-state index in [2.05, 4.69) is 10.6 Å². The van der Waals surface area contributed by atoms with Gasteiger partial charge in [-0.3, -0.25) is 9.59 Å². The zero-order valence-corrected chi connectivity index (χ0v) is 13.0. The van der Waals surface area contributed by atoms with E-state index in [1.807, 2.05) is 16.8 Å². The Morgan fingerprint density at radius 1 is 1.18 bits per heavy atom. The molecule has 2 amide bonds. The van der Waals surface area contributed by atoms with Gasteiger partial charge in [-0.1, -0.05) is 12.1 Å². The van der Waals surface area contributed by atoms with E-state index in [0.29, 0.717) is 37.2 Å². The minimum Gasteiger partial charge on any atom is -0.351 e. The lowest BCUT2D eigenvalue weighted by Gasteiger charge is -2.11. The predicted octanol–water partition coefficient (Wildman–Crippen LogP) is 2.01. The molecule has 0 spiro atoms. The smallest absolute Gasteiger partial charge is 0.253 e. The van der Waals surface area contributed by atoms with Gasteiger partial charge in [-0.2, -0.15) is 11.3 Å². The number of aryl methyl sites for hydroxylation is 1. The molecule has 0 atom stereocenters. The first kappa shape index (κ1) is 16.2. The number of nitrogens with two attached hydrogens (primary N) is 1. The first-order valence-electron chi connectivity index (χ1n) is 7.09. The lowest BCUT2D eigenvalue weighted by atomic mass is 10.1. The maximum absolute atomic E-state index is 12.0. The van der Waals surface area contributed by atoms with Crippen LogP contribution >= 0.6 is 11.3 Å². The van der Waals surface area contributed by atoms with Crippen molar-refractivity contribution in [3.05, 3.63) is 52.2 Å². The Balaban J connectivity index is 1.96. The third-order valence-corrected chi connectivity index (χ3v) is 3.83.